The lowest BCUT2D eigenvalue weighted by Gasteiger charge is -2.31. The zero-order valence-corrected chi connectivity index (χ0v) is 14.9. The largest absolute Gasteiger partial charge is 0.355 e. The van der Waals surface area contributed by atoms with Crippen molar-refractivity contribution in [2.45, 2.75) is 19.8 Å². The minimum absolute atomic E-state index is 0.259. The molecule has 0 atom stereocenters. The average Bonchev–Trinajstić information content (AvgIpc) is 2.56. The number of benzene rings is 1. The van der Waals surface area contributed by atoms with E-state index >= 15 is 0 Å². The van der Waals surface area contributed by atoms with Crippen LogP contribution < -0.4 is 10.2 Å². The van der Waals surface area contributed by atoms with Crippen LogP contribution >= 0.6 is 23.2 Å². The summed E-state index contributed by atoms with van der Waals surface area (Å²) in [6.07, 6.45) is 3.84. The van der Waals surface area contributed by atoms with Crippen LogP contribution in [0.1, 0.15) is 30.1 Å². The molecule has 2 aromatic rings. The third-order valence-electron chi connectivity index (χ3n) is 4.25. The van der Waals surface area contributed by atoms with Crippen molar-refractivity contribution < 1.29 is 4.79 Å². The van der Waals surface area contributed by atoms with Crippen molar-refractivity contribution in [1.82, 2.24) is 4.98 Å². The van der Waals surface area contributed by atoms with Gasteiger partial charge < -0.3 is 10.2 Å². The first kappa shape index (κ1) is 17.1. The smallest absolute Gasteiger partial charge is 0.257 e. The molecule has 126 valence electrons. The van der Waals surface area contributed by atoms with E-state index in [1.165, 1.54) is 0 Å². The van der Waals surface area contributed by atoms with Crippen LogP contribution in [0.3, 0.4) is 0 Å². The molecule has 0 bridgehead atoms. The predicted octanol–water partition coefficient (Wildman–Crippen LogP) is 4.88. The van der Waals surface area contributed by atoms with Crippen molar-refractivity contribution in [2.24, 2.45) is 5.92 Å². The van der Waals surface area contributed by atoms with Gasteiger partial charge in [0.05, 0.1) is 10.6 Å². The highest BCUT2D eigenvalue weighted by atomic mass is 35.5. The molecule has 2 heterocycles. The number of rotatable bonds is 3. The lowest BCUT2D eigenvalue weighted by atomic mass is 9.99. The van der Waals surface area contributed by atoms with E-state index in [1.54, 1.807) is 36.5 Å². The van der Waals surface area contributed by atoms with Gasteiger partial charge in [-0.05, 0) is 43.0 Å². The number of nitrogens with one attached hydrogen (secondary N) is 1. The monoisotopic (exact) mass is 363 g/mol. The van der Waals surface area contributed by atoms with Crippen LogP contribution in [0.2, 0.25) is 10.0 Å². The Morgan fingerprint density at radius 2 is 2.00 bits per heavy atom. The molecule has 0 spiro atoms. The van der Waals surface area contributed by atoms with Gasteiger partial charge in [-0.1, -0.05) is 36.2 Å². The highest BCUT2D eigenvalue weighted by Gasteiger charge is 2.20. The first-order chi connectivity index (χ1) is 11.5. The Hall–Kier alpha value is -1.78. The predicted molar refractivity (Wildman–Crippen MR) is 99.3 cm³/mol. The fourth-order valence-corrected chi connectivity index (χ4v) is 3.25. The van der Waals surface area contributed by atoms with Gasteiger partial charge in [0, 0.05) is 30.0 Å². The van der Waals surface area contributed by atoms with Gasteiger partial charge in [0.25, 0.3) is 5.91 Å². The molecule has 1 aliphatic rings. The molecule has 6 heteroatoms. The van der Waals surface area contributed by atoms with Crippen LogP contribution in [0.4, 0.5) is 11.5 Å². The zero-order valence-electron chi connectivity index (χ0n) is 13.4. The highest BCUT2D eigenvalue weighted by molar-refractivity contribution is 6.33. The van der Waals surface area contributed by atoms with Crippen LogP contribution in [0.25, 0.3) is 0 Å². The maximum Gasteiger partial charge on any atom is 0.257 e. The van der Waals surface area contributed by atoms with E-state index in [1.807, 2.05) is 0 Å². The Balaban J connectivity index is 1.73. The normalized spacial score (nSPS) is 15.4. The number of carbonyl (C=O) groups excluding carboxylic acids is 1. The zero-order chi connectivity index (χ0) is 17.1. The molecule has 1 fully saturated rings. The van der Waals surface area contributed by atoms with Crippen LogP contribution in [0, 0.1) is 5.92 Å². The highest BCUT2D eigenvalue weighted by Crippen LogP contribution is 2.28. The van der Waals surface area contributed by atoms with Crippen molar-refractivity contribution in [3.63, 3.8) is 0 Å². The van der Waals surface area contributed by atoms with E-state index in [0.717, 1.165) is 37.7 Å². The summed E-state index contributed by atoms with van der Waals surface area (Å²) in [5.41, 5.74) is 1.06. The van der Waals surface area contributed by atoms with E-state index in [-0.39, 0.29) is 5.91 Å². The maximum absolute atomic E-state index is 12.3. The first-order valence-corrected chi connectivity index (χ1v) is 8.76. The van der Waals surface area contributed by atoms with Gasteiger partial charge in [-0.15, -0.1) is 0 Å². The minimum atomic E-state index is -0.259. The first-order valence-electron chi connectivity index (χ1n) is 8.00. The quantitative estimate of drug-likeness (QED) is 0.845. The molecule has 24 heavy (non-hydrogen) atoms. The molecule has 1 amide bonds. The summed E-state index contributed by atoms with van der Waals surface area (Å²) in [6.45, 7) is 4.15. The summed E-state index contributed by atoms with van der Waals surface area (Å²) in [7, 11) is 0. The van der Waals surface area contributed by atoms with Crippen molar-refractivity contribution in [3.8, 4) is 0 Å². The van der Waals surface area contributed by atoms with E-state index in [0.29, 0.717) is 21.3 Å². The Labute approximate surface area is 151 Å². The number of pyridine rings is 1. The second-order valence-electron chi connectivity index (χ2n) is 6.16. The molecule has 1 aromatic carbocycles. The van der Waals surface area contributed by atoms with Crippen molar-refractivity contribution >= 4 is 40.6 Å². The lowest BCUT2D eigenvalue weighted by molar-refractivity contribution is 0.102. The topological polar surface area (TPSA) is 45.2 Å². The summed E-state index contributed by atoms with van der Waals surface area (Å²) < 4.78 is 0. The van der Waals surface area contributed by atoms with Gasteiger partial charge in [-0.2, -0.15) is 0 Å². The third-order valence-corrected chi connectivity index (χ3v) is 4.76. The molecule has 1 aliphatic heterocycles. The standard InChI is InChI=1S/C18H19Cl2N3O/c1-12-5-7-23(8-6-12)17-16(20)9-13(11-21-17)18(24)22-15-4-2-3-14(19)10-15/h2-4,9-12H,5-8H2,1H3,(H,22,24). The van der Waals surface area contributed by atoms with Gasteiger partial charge >= 0.3 is 0 Å². The molecule has 1 aromatic heterocycles. The molecule has 0 unspecified atom stereocenters. The molecule has 4 nitrogen and oxygen atoms in total. The van der Waals surface area contributed by atoms with Gasteiger partial charge in [-0.3, -0.25) is 4.79 Å². The Bertz CT molecular complexity index is 743. The third kappa shape index (κ3) is 4.00. The van der Waals surface area contributed by atoms with Gasteiger partial charge in [-0.25, -0.2) is 4.98 Å². The minimum Gasteiger partial charge on any atom is -0.355 e. The van der Waals surface area contributed by atoms with Gasteiger partial charge in [0.2, 0.25) is 0 Å². The van der Waals surface area contributed by atoms with E-state index < -0.39 is 0 Å². The second kappa shape index (κ2) is 7.41. The number of piperidine rings is 1. The average molecular weight is 364 g/mol. The van der Waals surface area contributed by atoms with Crippen LogP contribution in [-0.4, -0.2) is 24.0 Å². The number of aromatic nitrogens is 1. The Morgan fingerprint density at radius 3 is 2.67 bits per heavy atom. The fraction of sp³-hybridized carbons (Fsp3) is 0.333. The van der Waals surface area contributed by atoms with Crippen molar-refractivity contribution in [3.05, 3.63) is 52.1 Å². The number of halogens is 2. The molecule has 0 aliphatic carbocycles. The summed E-state index contributed by atoms with van der Waals surface area (Å²) >= 11 is 12.3. The summed E-state index contributed by atoms with van der Waals surface area (Å²) in [5.74, 6) is 1.23. The molecular formula is C18H19Cl2N3O. The molecule has 0 radical (unpaired) electrons. The molecule has 0 saturated carbocycles. The van der Waals surface area contributed by atoms with E-state index in [4.69, 9.17) is 23.2 Å². The molecule has 1 saturated heterocycles. The lowest BCUT2D eigenvalue weighted by Crippen LogP contribution is -2.33. The second-order valence-corrected chi connectivity index (χ2v) is 7.01. The number of nitrogens with zero attached hydrogens (tertiary/aromatic N) is 2. The van der Waals surface area contributed by atoms with Crippen LogP contribution in [0.15, 0.2) is 36.5 Å². The van der Waals surface area contributed by atoms with Crippen LogP contribution in [0.5, 0.6) is 0 Å². The number of anilines is 2. The summed E-state index contributed by atoms with van der Waals surface area (Å²) in [6, 6.07) is 8.68. The van der Waals surface area contributed by atoms with E-state index in [2.05, 4.69) is 22.1 Å². The van der Waals surface area contributed by atoms with E-state index in [9.17, 15) is 4.79 Å². The van der Waals surface area contributed by atoms with Crippen molar-refractivity contribution in [1.29, 1.82) is 0 Å². The Morgan fingerprint density at radius 1 is 1.25 bits per heavy atom. The SMILES string of the molecule is CC1CCN(c2ncc(C(=O)Nc3cccc(Cl)c3)cc2Cl)CC1. The maximum atomic E-state index is 12.3. The number of carbonyl (C=O) groups is 1. The number of amides is 1. The summed E-state index contributed by atoms with van der Waals surface area (Å²) in [4.78, 5) is 18.9. The molecular weight excluding hydrogens is 345 g/mol. The molecule has 1 N–H and O–H groups in total. The Kier molecular flexibility index (Phi) is 5.27. The summed E-state index contributed by atoms with van der Waals surface area (Å²) in [5, 5.41) is 3.87. The van der Waals surface area contributed by atoms with Crippen LogP contribution in [-0.2, 0) is 0 Å². The number of hydrogen-bond acceptors (Lipinski definition) is 3. The fourth-order valence-electron chi connectivity index (χ4n) is 2.78. The van der Waals surface area contributed by atoms with Crippen molar-refractivity contribution in [2.75, 3.05) is 23.3 Å². The van der Waals surface area contributed by atoms with Gasteiger partial charge in [0.1, 0.15) is 5.82 Å². The van der Waals surface area contributed by atoms with Gasteiger partial charge in [0.15, 0.2) is 0 Å². The molecule has 3 rings (SSSR count). The number of hydrogen-bond donors (Lipinski definition) is 1.